The van der Waals surface area contributed by atoms with Crippen LogP contribution in [0.1, 0.15) is 239 Å². The normalized spacial score (nSPS) is 11.5. The molecule has 0 heterocycles. The zero-order valence-corrected chi connectivity index (χ0v) is 32.2. The summed E-state index contributed by atoms with van der Waals surface area (Å²) in [6.07, 6.45) is 48.8. The monoisotopic (exact) mass is 655 g/mol. The maximum absolute atomic E-state index is 12.2. The molecule has 0 N–H and O–H groups in total. The largest absolute Gasteiger partial charge is 0.287 e. The summed E-state index contributed by atoms with van der Waals surface area (Å²) < 4.78 is 0. The van der Waals surface area contributed by atoms with Crippen LogP contribution in [0.2, 0.25) is 0 Å². The summed E-state index contributed by atoms with van der Waals surface area (Å²) in [5.41, 5.74) is 0. The van der Waals surface area contributed by atoms with Crippen molar-refractivity contribution in [3.05, 3.63) is 0 Å². The van der Waals surface area contributed by atoms with Crippen LogP contribution in [0, 0.1) is 0 Å². The number of carbonyl (C=O) groups is 1. The molecule has 44 heavy (non-hydrogen) atoms. The molecule has 0 fully saturated rings. The fourth-order valence-electron chi connectivity index (χ4n) is 6.24. The highest BCUT2D eigenvalue weighted by Crippen LogP contribution is 2.18. The molecule has 0 rings (SSSR count). The Morgan fingerprint density at radius 3 is 0.886 bits per heavy atom. The first-order valence-corrected chi connectivity index (χ1v) is 22.7. The molecule has 264 valence electrons. The Hall–Kier alpha value is 0.370. The minimum absolute atomic E-state index is 0.439. The van der Waals surface area contributed by atoms with E-state index in [9.17, 15) is 4.79 Å². The molecule has 0 radical (unpaired) electrons. The van der Waals surface area contributed by atoms with Gasteiger partial charge in [-0.25, -0.2) is 0 Å². The minimum atomic E-state index is 0.439. The van der Waals surface area contributed by atoms with E-state index in [-0.39, 0.29) is 0 Å². The Labute approximate surface area is 288 Å². The standard InChI is InChI=1S/C41H82OS2/c1-3-5-7-9-11-13-15-17-19-21-23-25-27-29-31-34-38-43-39-36-33-37-41(42)44-40-35-32-30-28-26-24-22-20-18-16-14-12-10-8-6-4-2/h3-40H2,1-2H3. The summed E-state index contributed by atoms with van der Waals surface area (Å²) in [7, 11) is 0. The van der Waals surface area contributed by atoms with Crippen molar-refractivity contribution in [2.45, 2.75) is 239 Å². The Bertz CT molecular complexity index is 523. The molecule has 0 atom stereocenters. The second-order valence-electron chi connectivity index (χ2n) is 13.9. The summed E-state index contributed by atoms with van der Waals surface area (Å²) in [5.74, 6) is 3.61. The molecule has 0 aliphatic carbocycles. The topological polar surface area (TPSA) is 17.1 Å². The molecular weight excluding hydrogens is 573 g/mol. The van der Waals surface area contributed by atoms with Gasteiger partial charge in [0.1, 0.15) is 0 Å². The molecule has 0 bridgehead atoms. The van der Waals surface area contributed by atoms with Gasteiger partial charge in [-0.15, -0.1) is 0 Å². The number of hydrogen-bond acceptors (Lipinski definition) is 3. The molecule has 0 amide bonds. The van der Waals surface area contributed by atoms with Crippen molar-refractivity contribution in [3.63, 3.8) is 0 Å². The van der Waals surface area contributed by atoms with E-state index in [0.29, 0.717) is 5.12 Å². The predicted octanol–water partition coefficient (Wildman–Crippen LogP) is 15.7. The van der Waals surface area contributed by atoms with Crippen molar-refractivity contribution in [2.75, 3.05) is 17.3 Å². The van der Waals surface area contributed by atoms with Crippen LogP contribution in [-0.2, 0) is 4.79 Å². The molecule has 3 heteroatoms. The Morgan fingerprint density at radius 1 is 0.318 bits per heavy atom. The number of carbonyl (C=O) groups excluding carboxylic acids is 1. The summed E-state index contributed by atoms with van der Waals surface area (Å²) in [4.78, 5) is 12.2. The molecule has 0 saturated heterocycles. The first-order chi connectivity index (χ1) is 21.8. The van der Waals surface area contributed by atoms with E-state index in [1.54, 1.807) is 11.8 Å². The lowest BCUT2D eigenvalue weighted by Crippen LogP contribution is -1.95. The van der Waals surface area contributed by atoms with Crippen molar-refractivity contribution >= 4 is 28.6 Å². The van der Waals surface area contributed by atoms with Gasteiger partial charge in [-0.2, -0.15) is 11.8 Å². The third-order valence-electron chi connectivity index (χ3n) is 9.32. The molecule has 0 aromatic heterocycles. The second kappa shape index (κ2) is 41.4. The van der Waals surface area contributed by atoms with Crippen molar-refractivity contribution in [3.8, 4) is 0 Å². The second-order valence-corrected chi connectivity index (χ2v) is 16.3. The molecule has 1 nitrogen and oxygen atoms in total. The maximum atomic E-state index is 12.2. The fraction of sp³-hybridized carbons (Fsp3) is 0.976. The molecule has 0 spiro atoms. The first kappa shape index (κ1) is 44.4. The van der Waals surface area contributed by atoms with E-state index in [1.807, 2.05) is 0 Å². The van der Waals surface area contributed by atoms with Crippen molar-refractivity contribution < 1.29 is 4.79 Å². The quantitative estimate of drug-likeness (QED) is 0.0614. The molecule has 0 unspecified atom stereocenters. The van der Waals surface area contributed by atoms with Crippen LogP contribution in [-0.4, -0.2) is 22.4 Å². The molecule has 0 aromatic rings. The van der Waals surface area contributed by atoms with Gasteiger partial charge in [-0.3, -0.25) is 4.79 Å². The van der Waals surface area contributed by atoms with E-state index < -0.39 is 0 Å². The molecule has 0 aliphatic rings. The van der Waals surface area contributed by atoms with Crippen LogP contribution in [0.4, 0.5) is 0 Å². The van der Waals surface area contributed by atoms with Gasteiger partial charge in [-0.1, -0.05) is 218 Å². The van der Waals surface area contributed by atoms with Gasteiger partial charge in [-0.05, 0) is 37.2 Å². The van der Waals surface area contributed by atoms with Gasteiger partial charge >= 0.3 is 0 Å². The fourth-order valence-corrected chi connectivity index (χ4v) is 8.12. The Morgan fingerprint density at radius 2 is 0.568 bits per heavy atom. The zero-order chi connectivity index (χ0) is 31.9. The minimum Gasteiger partial charge on any atom is -0.287 e. The lowest BCUT2D eigenvalue weighted by molar-refractivity contribution is -0.111. The highest BCUT2D eigenvalue weighted by molar-refractivity contribution is 8.13. The Kier molecular flexibility index (Phi) is 41.7. The van der Waals surface area contributed by atoms with Gasteiger partial charge in [0.25, 0.3) is 0 Å². The molecule has 0 aliphatic heterocycles. The van der Waals surface area contributed by atoms with Crippen molar-refractivity contribution in [1.82, 2.24) is 0 Å². The van der Waals surface area contributed by atoms with E-state index >= 15 is 0 Å². The lowest BCUT2D eigenvalue weighted by atomic mass is 10.0. The van der Waals surface area contributed by atoms with Gasteiger partial charge in [0.2, 0.25) is 0 Å². The molecule has 0 saturated carbocycles. The number of unbranched alkanes of at least 4 members (excludes halogenated alkanes) is 31. The van der Waals surface area contributed by atoms with Crippen molar-refractivity contribution in [1.29, 1.82) is 0 Å². The zero-order valence-electron chi connectivity index (χ0n) is 30.6. The summed E-state index contributed by atoms with van der Waals surface area (Å²) in [6.45, 7) is 4.60. The van der Waals surface area contributed by atoms with Crippen LogP contribution < -0.4 is 0 Å². The number of rotatable bonds is 39. The summed E-state index contributed by atoms with van der Waals surface area (Å²) in [6, 6.07) is 0. The smallest absolute Gasteiger partial charge is 0.188 e. The van der Waals surface area contributed by atoms with Gasteiger partial charge in [0.05, 0.1) is 0 Å². The number of thioether (sulfide) groups is 2. The average molecular weight is 655 g/mol. The maximum Gasteiger partial charge on any atom is 0.188 e. The van der Waals surface area contributed by atoms with Crippen LogP contribution in [0.15, 0.2) is 0 Å². The van der Waals surface area contributed by atoms with Crippen LogP contribution >= 0.6 is 23.5 Å². The van der Waals surface area contributed by atoms with Crippen molar-refractivity contribution in [2.24, 2.45) is 0 Å². The van der Waals surface area contributed by atoms with E-state index in [0.717, 1.165) is 18.6 Å². The summed E-state index contributed by atoms with van der Waals surface area (Å²) in [5, 5.41) is 0.439. The third-order valence-corrected chi connectivity index (χ3v) is 11.5. The predicted molar refractivity (Wildman–Crippen MR) is 208 cm³/mol. The Balaban J connectivity index is 3.14. The van der Waals surface area contributed by atoms with Crippen LogP contribution in [0.3, 0.4) is 0 Å². The molecule has 0 aromatic carbocycles. The van der Waals surface area contributed by atoms with Gasteiger partial charge in [0.15, 0.2) is 5.12 Å². The SMILES string of the molecule is CCCCCCCCCCCCCCCCCCSCCCCC(=O)SCCCCCCCCCCCCCCCCCC. The van der Waals surface area contributed by atoms with Gasteiger partial charge < -0.3 is 0 Å². The van der Waals surface area contributed by atoms with E-state index in [2.05, 4.69) is 25.6 Å². The van der Waals surface area contributed by atoms with Crippen LogP contribution in [0.5, 0.6) is 0 Å². The lowest BCUT2D eigenvalue weighted by Gasteiger charge is -2.04. The van der Waals surface area contributed by atoms with Gasteiger partial charge in [0, 0.05) is 12.2 Å². The first-order valence-electron chi connectivity index (χ1n) is 20.5. The van der Waals surface area contributed by atoms with E-state index in [1.165, 1.54) is 223 Å². The average Bonchev–Trinajstić information content (AvgIpc) is 3.03. The number of hydrogen-bond donors (Lipinski definition) is 0. The summed E-state index contributed by atoms with van der Waals surface area (Å²) >= 11 is 3.72. The van der Waals surface area contributed by atoms with E-state index in [4.69, 9.17) is 0 Å². The molecular formula is C41H82OS2. The highest BCUT2D eigenvalue weighted by atomic mass is 32.2. The van der Waals surface area contributed by atoms with Crippen LogP contribution in [0.25, 0.3) is 0 Å². The third kappa shape index (κ3) is 40.4. The highest BCUT2D eigenvalue weighted by Gasteiger charge is 2.03.